The van der Waals surface area contributed by atoms with Crippen LogP contribution in [0.1, 0.15) is 22.0 Å². The molecule has 0 saturated carbocycles. The molecule has 2 amide bonds. The Morgan fingerprint density at radius 1 is 1.30 bits per heavy atom. The van der Waals surface area contributed by atoms with Gasteiger partial charge in [-0.1, -0.05) is 30.3 Å². The quantitative estimate of drug-likeness (QED) is 0.942. The van der Waals surface area contributed by atoms with Gasteiger partial charge in [-0.25, -0.2) is 4.79 Å². The molecule has 0 spiro atoms. The van der Waals surface area contributed by atoms with Gasteiger partial charge in [0.2, 0.25) is 0 Å². The highest BCUT2D eigenvalue weighted by atomic mass is 32.1. The van der Waals surface area contributed by atoms with E-state index in [1.807, 2.05) is 48.7 Å². The van der Waals surface area contributed by atoms with Crippen LogP contribution in [0.2, 0.25) is 0 Å². The summed E-state index contributed by atoms with van der Waals surface area (Å²) in [6.45, 7) is 2.55. The zero-order valence-corrected chi connectivity index (χ0v) is 11.9. The second kappa shape index (κ2) is 5.09. The summed E-state index contributed by atoms with van der Waals surface area (Å²) in [6, 6.07) is 11.4. The number of benzene rings is 1. The highest BCUT2D eigenvalue weighted by molar-refractivity contribution is 7.10. The van der Waals surface area contributed by atoms with Crippen LogP contribution in [0, 0.1) is 6.92 Å². The molecule has 1 unspecified atom stereocenters. The number of aryl methyl sites for hydroxylation is 1. The summed E-state index contributed by atoms with van der Waals surface area (Å²) < 4.78 is 0. The van der Waals surface area contributed by atoms with Gasteiger partial charge in [-0.15, -0.1) is 11.3 Å². The minimum absolute atomic E-state index is 0.234. The summed E-state index contributed by atoms with van der Waals surface area (Å²) in [4.78, 5) is 18.8. The van der Waals surface area contributed by atoms with Gasteiger partial charge in [-0.3, -0.25) is 0 Å². The van der Waals surface area contributed by atoms with Crippen LogP contribution in [0.15, 0.2) is 46.8 Å². The number of nitrogens with two attached hydrogens (primary N) is 1. The van der Waals surface area contributed by atoms with Crippen molar-refractivity contribution < 1.29 is 4.79 Å². The first-order valence-electron chi connectivity index (χ1n) is 6.39. The summed E-state index contributed by atoms with van der Waals surface area (Å²) >= 11 is 1.61. The summed E-state index contributed by atoms with van der Waals surface area (Å²) in [7, 11) is 0. The van der Waals surface area contributed by atoms with Gasteiger partial charge in [0.25, 0.3) is 0 Å². The highest BCUT2D eigenvalue weighted by Crippen LogP contribution is 2.33. The molecule has 0 aliphatic carbocycles. The Kier molecular flexibility index (Phi) is 3.28. The van der Waals surface area contributed by atoms with Crippen molar-refractivity contribution in [3.8, 4) is 0 Å². The van der Waals surface area contributed by atoms with Crippen molar-refractivity contribution >= 4 is 23.2 Å². The zero-order valence-electron chi connectivity index (χ0n) is 11.1. The van der Waals surface area contributed by atoms with Crippen molar-refractivity contribution in [3.05, 3.63) is 57.8 Å². The Balaban J connectivity index is 1.93. The molecule has 5 heteroatoms. The number of hydrogen-bond donors (Lipinski definition) is 1. The molecule has 0 fully saturated rings. The Labute approximate surface area is 121 Å². The van der Waals surface area contributed by atoms with E-state index in [1.165, 1.54) is 0 Å². The van der Waals surface area contributed by atoms with Crippen LogP contribution in [0.3, 0.4) is 0 Å². The van der Waals surface area contributed by atoms with Gasteiger partial charge in [-0.05, 0) is 29.5 Å². The van der Waals surface area contributed by atoms with E-state index < -0.39 is 0 Å². The first-order valence-corrected chi connectivity index (χ1v) is 7.27. The average molecular weight is 285 g/mol. The van der Waals surface area contributed by atoms with Crippen molar-refractivity contribution in [3.63, 3.8) is 0 Å². The number of carbonyl (C=O) groups excluding carboxylic acids is 1. The van der Waals surface area contributed by atoms with E-state index in [-0.39, 0.29) is 12.1 Å². The number of aliphatic imine (C=N–C) groups is 1. The lowest BCUT2D eigenvalue weighted by atomic mass is 10.1. The van der Waals surface area contributed by atoms with Crippen molar-refractivity contribution in [2.45, 2.75) is 19.5 Å². The van der Waals surface area contributed by atoms with Crippen LogP contribution < -0.4 is 5.73 Å². The van der Waals surface area contributed by atoms with E-state index in [0.717, 1.165) is 16.0 Å². The number of rotatable bonds is 3. The predicted octanol–water partition coefficient (Wildman–Crippen LogP) is 3.09. The topological polar surface area (TPSA) is 58.7 Å². The largest absolute Gasteiger partial charge is 0.385 e. The number of amides is 2. The normalized spacial score (nSPS) is 18.4. The van der Waals surface area contributed by atoms with Gasteiger partial charge < -0.3 is 10.6 Å². The fourth-order valence-electron chi connectivity index (χ4n) is 2.39. The highest BCUT2D eigenvalue weighted by Gasteiger charge is 2.35. The number of hydrogen-bond acceptors (Lipinski definition) is 3. The number of amidine groups is 1. The molecule has 2 N–H and O–H groups in total. The van der Waals surface area contributed by atoms with Gasteiger partial charge in [0, 0.05) is 11.4 Å². The molecule has 1 atom stereocenters. The monoisotopic (exact) mass is 285 g/mol. The first-order chi connectivity index (χ1) is 9.66. The molecule has 2 heterocycles. The van der Waals surface area contributed by atoms with Gasteiger partial charge in [0.1, 0.15) is 11.9 Å². The van der Waals surface area contributed by atoms with Crippen molar-refractivity contribution in [2.24, 2.45) is 10.7 Å². The number of nitrogens with zero attached hydrogens (tertiary/aromatic N) is 2. The van der Waals surface area contributed by atoms with Crippen molar-refractivity contribution in [1.29, 1.82) is 0 Å². The van der Waals surface area contributed by atoms with Crippen LogP contribution in [-0.2, 0) is 6.54 Å². The molecule has 1 aromatic heterocycles. The maximum Gasteiger partial charge on any atom is 0.346 e. The average Bonchev–Trinajstić information content (AvgIpc) is 2.95. The molecule has 1 aliphatic heterocycles. The maximum atomic E-state index is 12.1. The standard InChI is InChI=1S/C15H15N3OS/c1-10-7-8-20-13(10)12-14(16)17-15(19)18(12)9-11-5-3-2-4-6-11/h2-8,12H,9H2,1H3,(H2,16,17,19). The predicted molar refractivity (Wildman–Crippen MR) is 80.8 cm³/mol. The summed E-state index contributed by atoms with van der Waals surface area (Å²) in [5.74, 6) is 0.386. The molecule has 4 nitrogen and oxygen atoms in total. The van der Waals surface area contributed by atoms with Gasteiger partial charge in [0.15, 0.2) is 0 Å². The molecular formula is C15H15N3OS. The fraction of sp³-hybridized carbons (Fsp3) is 0.200. The van der Waals surface area contributed by atoms with E-state index in [9.17, 15) is 4.79 Å². The molecule has 0 bridgehead atoms. The third-order valence-electron chi connectivity index (χ3n) is 3.41. The lowest BCUT2D eigenvalue weighted by Gasteiger charge is -2.24. The van der Waals surface area contributed by atoms with E-state index in [4.69, 9.17) is 5.73 Å². The van der Waals surface area contributed by atoms with E-state index in [1.54, 1.807) is 16.2 Å². The minimum atomic E-state index is -0.260. The molecular weight excluding hydrogens is 270 g/mol. The van der Waals surface area contributed by atoms with Crippen molar-refractivity contribution in [2.75, 3.05) is 0 Å². The molecule has 1 aromatic carbocycles. The molecule has 1 aliphatic rings. The zero-order chi connectivity index (χ0) is 14.1. The Morgan fingerprint density at radius 3 is 2.70 bits per heavy atom. The van der Waals surface area contributed by atoms with E-state index >= 15 is 0 Å². The SMILES string of the molecule is Cc1ccsc1C1C(N)=NC(=O)N1Cc1ccccc1. The third kappa shape index (κ3) is 2.20. The van der Waals surface area contributed by atoms with E-state index in [2.05, 4.69) is 4.99 Å². The van der Waals surface area contributed by atoms with Crippen LogP contribution >= 0.6 is 11.3 Å². The molecule has 0 radical (unpaired) electrons. The minimum Gasteiger partial charge on any atom is -0.385 e. The Bertz CT molecular complexity index is 663. The summed E-state index contributed by atoms with van der Waals surface area (Å²) in [6.07, 6.45) is 0. The number of urea groups is 1. The van der Waals surface area contributed by atoms with Crippen molar-refractivity contribution in [1.82, 2.24) is 4.90 Å². The molecule has 3 rings (SSSR count). The molecule has 102 valence electrons. The molecule has 20 heavy (non-hydrogen) atoms. The lowest BCUT2D eigenvalue weighted by molar-refractivity contribution is 0.204. The van der Waals surface area contributed by atoms with Crippen LogP contribution in [0.4, 0.5) is 4.79 Å². The number of carbonyl (C=O) groups is 1. The second-order valence-electron chi connectivity index (χ2n) is 4.80. The first kappa shape index (κ1) is 12.9. The Morgan fingerprint density at radius 2 is 2.05 bits per heavy atom. The summed E-state index contributed by atoms with van der Waals surface area (Å²) in [5, 5.41) is 2.02. The van der Waals surface area contributed by atoms with Gasteiger partial charge in [-0.2, -0.15) is 4.99 Å². The Hall–Kier alpha value is -2.14. The third-order valence-corrected chi connectivity index (χ3v) is 4.48. The molecule has 2 aromatic rings. The smallest absolute Gasteiger partial charge is 0.346 e. The second-order valence-corrected chi connectivity index (χ2v) is 5.75. The maximum absolute atomic E-state index is 12.1. The van der Waals surface area contributed by atoms with Crippen LogP contribution in [0.5, 0.6) is 0 Å². The summed E-state index contributed by atoms with van der Waals surface area (Å²) in [5.41, 5.74) is 8.19. The van der Waals surface area contributed by atoms with Gasteiger partial charge in [0.05, 0.1) is 0 Å². The number of thiophene rings is 1. The van der Waals surface area contributed by atoms with E-state index in [0.29, 0.717) is 12.4 Å². The van der Waals surface area contributed by atoms with Gasteiger partial charge >= 0.3 is 6.03 Å². The van der Waals surface area contributed by atoms with Crippen LogP contribution in [0.25, 0.3) is 0 Å². The lowest BCUT2D eigenvalue weighted by Crippen LogP contribution is -2.32. The fourth-order valence-corrected chi connectivity index (χ4v) is 3.43. The molecule has 0 saturated heterocycles. The van der Waals surface area contributed by atoms with Crippen LogP contribution in [-0.4, -0.2) is 16.8 Å².